The molecule has 0 saturated carbocycles. The van der Waals surface area contributed by atoms with Gasteiger partial charge in [-0.1, -0.05) is 18.2 Å². The Balaban J connectivity index is 2.01. The van der Waals surface area contributed by atoms with Gasteiger partial charge in [0.2, 0.25) is 0 Å². The summed E-state index contributed by atoms with van der Waals surface area (Å²) in [4.78, 5) is 14.4. The summed E-state index contributed by atoms with van der Waals surface area (Å²) in [6, 6.07) is 13.2. The fraction of sp³-hybridized carbons (Fsp3) is 0.133. The molecule has 2 aromatic carbocycles. The molecule has 1 aliphatic rings. The fourth-order valence-corrected chi connectivity index (χ4v) is 2.91. The molecule has 0 atom stereocenters. The summed E-state index contributed by atoms with van der Waals surface area (Å²) in [5.41, 5.74) is 9.40. The van der Waals surface area contributed by atoms with Crippen LogP contribution in [-0.4, -0.2) is 12.5 Å². The third-order valence-corrected chi connectivity index (χ3v) is 4.10. The zero-order chi connectivity index (χ0) is 13.4. The van der Waals surface area contributed by atoms with Gasteiger partial charge < -0.3 is 10.6 Å². The number of amides is 1. The molecule has 0 radical (unpaired) electrons. The number of hydrogen-bond donors (Lipinski definition) is 1. The average molecular weight is 317 g/mol. The number of rotatable bonds is 1. The van der Waals surface area contributed by atoms with Gasteiger partial charge in [0.05, 0.1) is 5.56 Å². The molecule has 4 heteroatoms. The van der Waals surface area contributed by atoms with Crippen molar-refractivity contribution in [3.05, 3.63) is 58.1 Å². The third kappa shape index (κ3) is 2.02. The Labute approximate surface area is 120 Å². The number of nitrogens with zero attached hydrogens (tertiary/aromatic N) is 1. The number of nitrogens with two attached hydrogens (primary N) is 1. The molecule has 0 aliphatic carbocycles. The van der Waals surface area contributed by atoms with Crippen molar-refractivity contribution in [3.8, 4) is 0 Å². The monoisotopic (exact) mass is 316 g/mol. The van der Waals surface area contributed by atoms with Gasteiger partial charge in [-0.05, 0) is 46.6 Å². The van der Waals surface area contributed by atoms with E-state index in [2.05, 4.69) is 15.9 Å². The number of carbonyl (C=O) groups excluding carboxylic acids is 1. The summed E-state index contributed by atoms with van der Waals surface area (Å²) in [7, 11) is 0. The quantitative estimate of drug-likeness (QED) is 0.821. The second-order valence-electron chi connectivity index (χ2n) is 4.53. The molecule has 3 nitrogen and oxygen atoms in total. The van der Waals surface area contributed by atoms with E-state index in [4.69, 9.17) is 5.73 Å². The van der Waals surface area contributed by atoms with E-state index in [-0.39, 0.29) is 5.91 Å². The van der Waals surface area contributed by atoms with Crippen molar-refractivity contribution < 1.29 is 4.79 Å². The molecule has 19 heavy (non-hydrogen) atoms. The molecule has 96 valence electrons. The molecule has 2 aromatic rings. The number of nitrogen functional groups attached to an aromatic ring is 1. The van der Waals surface area contributed by atoms with Gasteiger partial charge in [-0.15, -0.1) is 0 Å². The van der Waals surface area contributed by atoms with E-state index >= 15 is 0 Å². The number of anilines is 2. The van der Waals surface area contributed by atoms with Crippen LogP contribution in [0.15, 0.2) is 46.9 Å². The Morgan fingerprint density at radius 2 is 1.95 bits per heavy atom. The summed E-state index contributed by atoms with van der Waals surface area (Å²) in [6.07, 6.45) is 0.818. The van der Waals surface area contributed by atoms with Crippen LogP contribution in [0.3, 0.4) is 0 Å². The molecule has 1 heterocycles. The van der Waals surface area contributed by atoms with Crippen molar-refractivity contribution in [2.45, 2.75) is 6.42 Å². The summed E-state index contributed by atoms with van der Waals surface area (Å²) < 4.78 is 0.817. The highest BCUT2D eigenvalue weighted by Crippen LogP contribution is 2.33. The molecular weight excluding hydrogens is 304 g/mol. The number of hydrogen-bond acceptors (Lipinski definition) is 2. The second kappa shape index (κ2) is 4.70. The Morgan fingerprint density at radius 3 is 2.74 bits per heavy atom. The van der Waals surface area contributed by atoms with Gasteiger partial charge in [-0.25, -0.2) is 0 Å². The second-order valence-corrected chi connectivity index (χ2v) is 5.39. The van der Waals surface area contributed by atoms with Crippen molar-refractivity contribution >= 4 is 33.2 Å². The van der Waals surface area contributed by atoms with E-state index < -0.39 is 0 Å². The molecule has 1 aliphatic heterocycles. The standard InChI is InChI=1S/C15H13BrN2O/c16-12-5-2-1-4-10(12)15(19)18-9-8-11-13(17)6-3-7-14(11)18/h1-7H,8-9,17H2. The van der Waals surface area contributed by atoms with Crippen LogP contribution in [0.4, 0.5) is 11.4 Å². The fourth-order valence-electron chi connectivity index (χ4n) is 2.45. The first-order chi connectivity index (χ1) is 9.18. The average Bonchev–Trinajstić information content (AvgIpc) is 2.84. The smallest absolute Gasteiger partial charge is 0.259 e. The molecule has 0 bridgehead atoms. The lowest BCUT2D eigenvalue weighted by Gasteiger charge is -2.18. The van der Waals surface area contributed by atoms with E-state index in [1.807, 2.05) is 42.5 Å². The summed E-state index contributed by atoms with van der Waals surface area (Å²) in [5.74, 6) is 0.0109. The van der Waals surface area contributed by atoms with Crippen molar-refractivity contribution in [1.82, 2.24) is 0 Å². The SMILES string of the molecule is Nc1cccc2c1CCN2C(=O)c1ccccc1Br. The van der Waals surface area contributed by atoms with Crippen molar-refractivity contribution in [2.24, 2.45) is 0 Å². The maximum absolute atomic E-state index is 12.6. The van der Waals surface area contributed by atoms with Crippen LogP contribution in [0.25, 0.3) is 0 Å². The number of halogens is 1. The number of fused-ring (bicyclic) bond motifs is 1. The van der Waals surface area contributed by atoms with Crippen LogP contribution in [0.5, 0.6) is 0 Å². The van der Waals surface area contributed by atoms with Gasteiger partial charge in [0.25, 0.3) is 5.91 Å². The van der Waals surface area contributed by atoms with Crippen LogP contribution in [0, 0.1) is 0 Å². The molecule has 0 saturated heterocycles. The predicted molar refractivity (Wildman–Crippen MR) is 80.4 cm³/mol. The lowest BCUT2D eigenvalue weighted by molar-refractivity contribution is 0.0988. The van der Waals surface area contributed by atoms with Crippen molar-refractivity contribution in [2.75, 3.05) is 17.2 Å². The molecular formula is C15H13BrN2O. The van der Waals surface area contributed by atoms with Crippen LogP contribution >= 0.6 is 15.9 Å². The number of carbonyl (C=O) groups is 1. The lowest BCUT2D eigenvalue weighted by atomic mass is 10.1. The first kappa shape index (κ1) is 12.2. The Kier molecular flexibility index (Phi) is 3.03. The van der Waals surface area contributed by atoms with Gasteiger partial charge >= 0.3 is 0 Å². The van der Waals surface area contributed by atoms with E-state index in [0.717, 1.165) is 27.8 Å². The van der Waals surface area contributed by atoms with E-state index in [0.29, 0.717) is 12.1 Å². The minimum absolute atomic E-state index is 0.0109. The molecule has 0 aromatic heterocycles. The van der Waals surface area contributed by atoms with E-state index in [1.165, 1.54) is 0 Å². The predicted octanol–water partition coefficient (Wildman–Crippen LogP) is 3.23. The number of benzene rings is 2. The minimum atomic E-state index is 0.0109. The molecule has 0 spiro atoms. The normalized spacial score (nSPS) is 13.4. The Hall–Kier alpha value is -1.81. The van der Waals surface area contributed by atoms with Crippen LogP contribution < -0.4 is 10.6 Å². The lowest BCUT2D eigenvalue weighted by Crippen LogP contribution is -2.29. The molecule has 0 fully saturated rings. The van der Waals surface area contributed by atoms with Gasteiger partial charge in [-0.2, -0.15) is 0 Å². The summed E-state index contributed by atoms with van der Waals surface area (Å²) >= 11 is 3.43. The highest BCUT2D eigenvalue weighted by Gasteiger charge is 2.27. The van der Waals surface area contributed by atoms with E-state index in [9.17, 15) is 4.79 Å². The summed E-state index contributed by atoms with van der Waals surface area (Å²) in [6.45, 7) is 0.684. The molecule has 0 unspecified atom stereocenters. The van der Waals surface area contributed by atoms with Gasteiger partial charge in [0.15, 0.2) is 0 Å². The van der Waals surface area contributed by atoms with Gasteiger partial charge in [-0.3, -0.25) is 4.79 Å². The molecule has 1 amide bonds. The highest BCUT2D eigenvalue weighted by atomic mass is 79.9. The van der Waals surface area contributed by atoms with Crippen molar-refractivity contribution in [1.29, 1.82) is 0 Å². The zero-order valence-corrected chi connectivity index (χ0v) is 11.9. The zero-order valence-electron chi connectivity index (χ0n) is 10.3. The maximum Gasteiger partial charge on any atom is 0.259 e. The topological polar surface area (TPSA) is 46.3 Å². The highest BCUT2D eigenvalue weighted by molar-refractivity contribution is 9.10. The molecule has 2 N–H and O–H groups in total. The molecule has 3 rings (SSSR count). The first-order valence-corrected chi connectivity index (χ1v) is 6.91. The van der Waals surface area contributed by atoms with E-state index in [1.54, 1.807) is 4.90 Å². The Bertz CT molecular complexity index is 654. The van der Waals surface area contributed by atoms with Crippen LogP contribution in [0.1, 0.15) is 15.9 Å². The maximum atomic E-state index is 12.6. The van der Waals surface area contributed by atoms with Crippen molar-refractivity contribution in [3.63, 3.8) is 0 Å². The third-order valence-electron chi connectivity index (χ3n) is 3.41. The first-order valence-electron chi connectivity index (χ1n) is 6.12. The minimum Gasteiger partial charge on any atom is -0.398 e. The Morgan fingerprint density at radius 1 is 1.16 bits per heavy atom. The van der Waals surface area contributed by atoms with Gasteiger partial charge in [0.1, 0.15) is 0 Å². The van der Waals surface area contributed by atoms with Crippen LogP contribution in [-0.2, 0) is 6.42 Å². The largest absolute Gasteiger partial charge is 0.398 e. The van der Waals surface area contributed by atoms with Crippen LogP contribution in [0.2, 0.25) is 0 Å². The van der Waals surface area contributed by atoms with Gasteiger partial charge in [0, 0.05) is 28.0 Å². The summed E-state index contributed by atoms with van der Waals surface area (Å²) in [5, 5.41) is 0.